The lowest BCUT2D eigenvalue weighted by Gasteiger charge is -2.10. The van der Waals surface area contributed by atoms with Gasteiger partial charge in [0.25, 0.3) is 17.7 Å². The first kappa shape index (κ1) is 20.2. The maximum absolute atomic E-state index is 12.6. The largest absolute Gasteiger partial charge is 0.454 e. The predicted octanol–water partition coefficient (Wildman–Crippen LogP) is 2.47. The maximum Gasteiger partial charge on any atom is 0.269 e. The molecule has 0 aromatic heterocycles. The Morgan fingerprint density at radius 1 is 0.576 bits per heavy atom. The van der Waals surface area contributed by atoms with Crippen LogP contribution in [0.5, 0.6) is 23.0 Å². The van der Waals surface area contributed by atoms with Gasteiger partial charge in [0.1, 0.15) is 0 Å². The molecular weight excluding hydrogens is 430 g/mol. The fourth-order valence-electron chi connectivity index (χ4n) is 3.27. The Bertz CT molecular complexity index is 1270. The summed E-state index contributed by atoms with van der Waals surface area (Å²) in [4.78, 5) is 37.4. The van der Waals surface area contributed by atoms with Gasteiger partial charge in [0.05, 0.1) is 0 Å². The molecule has 0 atom stereocenters. The first-order valence-corrected chi connectivity index (χ1v) is 9.88. The van der Waals surface area contributed by atoms with Gasteiger partial charge in [-0.05, 0) is 54.6 Å². The lowest BCUT2D eigenvalue weighted by atomic mass is 10.1. The number of ether oxygens (including phenoxy) is 4. The average molecular weight is 447 g/mol. The normalized spacial score (nSPS) is 12.7. The van der Waals surface area contributed by atoms with Gasteiger partial charge in [0.15, 0.2) is 23.0 Å². The Hall–Kier alpha value is -4.73. The molecule has 3 aromatic carbocycles. The van der Waals surface area contributed by atoms with Gasteiger partial charge in [-0.1, -0.05) is 6.07 Å². The first-order chi connectivity index (χ1) is 16.1. The molecule has 166 valence electrons. The second kappa shape index (κ2) is 8.42. The number of hydrogen-bond donors (Lipinski definition) is 3. The number of rotatable bonds is 4. The van der Waals surface area contributed by atoms with Crippen molar-refractivity contribution < 1.29 is 33.3 Å². The highest BCUT2D eigenvalue weighted by Crippen LogP contribution is 2.33. The van der Waals surface area contributed by atoms with Crippen LogP contribution in [0.4, 0.5) is 5.69 Å². The summed E-state index contributed by atoms with van der Waals surface area (Å²) in [7, 11) is 0. The van der Waals surface area contributed by atoms with Gasteiger partial charge < -0.3 is 24.3 Å². The van der Waals surface area contributed by atoms with Crippen LogP contribution >= 0.6 is 0 Å². The van der Waals surface area contributed by atoms with E-state index >= 15 is 0 Å². The van der Waals surface area contributed by atoms with E-state index in [-0.39, 0.29) is 25.1 Å². The van der Waals surface area contributed by atoms with Gasteiger partial charge in [0.2, 0.25) is 13.6 Å². The number of anilines is 1. The molecule has 0 spiro atoms. The molecule has 3 N–H and O–H groups in total. The van der Waals surface area contributed by atoms with E-state index in [0.717, 1.165) is 0 Å². The van der Waals surface area contributed by atoms with Crippen molar-refractivity contribution in [3.8, 4) is 23.0 Å². The summed E-state index contributed by atoms with van der Waals surface area (Å²) in [5.74, 6) is 0.635. The third kappa shape index (κ3) is 4.22. The highest BCUT2D eigenvalue weighted by Gasteiger charge is 2.18. The maximum atomic E-state index is 12.6. The SMILES string of the molecule is O=C(NNC(=O)c1ccc2c(c1)OCO2)c1cccc(NC(=O)c2ccc3c(c2)OCO3)c1. The van der Waals surface area contributed by atoms with Crippen molar-refractivity contribution in [1.29, 1.82) is 0 Å². The van der Waals surface area contributed by atoms with Gasteiger partial charge in [-0.3, -0.25) is 25.2 Å². The van der Waals surface area contributed by atoms with Gasteiger partial charge in [0, 0.05) is 22.4 Å². The zero-order valence-corrected chi connectivity index (χ0v) is 17.0. The zero-order valence-electron chi connectivity index (χ0n) is 17.0. The number of amides is 3. The Balaban J connectivity index is 1.21. The van der Waals surface area contributed by atoms with Crippen LogP contribution in [0.2, 0.25) is 0 Å². The third-order valence-electron chi connectivity index (χ3n) is 4.94. The predicted molar refractivity (Wildman–Crippen MR) is 114 cm³/mol. The summed E-state index contributed by atoms with van der Waals surface area (Å²) in [6.07, 6.45) is 0. The molecule has 33 heavy (non-hydrogen) atoms. The molecule has 0 aliphatic carbocycles. The quantitative estimate of drug-likeness (QED) is 0.525. The monoisotopic (exact) mass is 447 g/mol. The number of fused-ring (bicyclic) bond motifs is 2. The zero-order chi connectivity index (χ0) is 22.8. The highest BCUT2D eigenvalue weighted by molar-refractivity contribution is 6.05. The van der Waals surface area contributed by atoms with Crippen molar-refractivity contribution in [2.24, 2.45) is 0 Å². The van der Waals surface area contributed by atoms with Crippen molar-refractivity contribution in [1.82, 2.24) is 10.9 Å². The van der Waals surface area contributed by atoms with Crippen LogP contribution in [0.15, 0.2) is 60.7 Å². The number of hydrogen-bond acceptors (Lipinski definition) is 7. The lowest BCUT2D eigenvalue weighted by molar-refractivity contribution is 0.0846. The van der Waals surface area contributed by atoms with E-state index in [4.69, 9.17) is 18.9 Å². The van der Waals surface area contributed by atoms with E-state index in [1.54, 1.807) is 48.5 Å². The second-order valence-electron chi connectivity index (χ2n) is 7.08. The lowest BCUT2D eigenvalue weighted by Crippen LogP contribution is -2.41. The Kier molecular flexibility index (Phi) is 5.15. The minimum atomic E-state index is -0.553. The summed E-state index contributed by atoms with van der Waals surface area (Å²) in [6.45, 7) is 0.210. The minimum absolute atomic E-state index is 0.0959. The summed E-state index contributed by atoms with van der Waals surface area (Å²) >= 11 is 0. The van der Waals surface area contributed by atoms with Gasteiger partial charge in [-0.2, -0.15) is 0 Å². The molecule has 2 aliphatic rings. The number of carbonyl (C=O) groups excluding carboxylic acids is 3. The Morgan fingerprint density at radius 3 is 1.70 bits per heavy atom. The Morgan fingerprint density at radius 2 is 1.09 bits per heavy atom. The van der Waals surface area contributed by atoms with Crippen molar-refractivity contribution in [3.63, 3.8) is 0 Å². The van der Waals surface area contributed by atoms with Crippen LogP contribution in [0.1, 0.15) is 31.1 Å². The third-order valence-corrected chi connectivity index (χ3v) is 4.94. The smallest absolute Gasteiger partial charge is 0.269 e. The fraction of sp³-hybridized carbons (Fsp3) is 0.0870. The van der Waals surface area contributed by atoms with E-state index < -0.39 is 11.8 Å². The average Bonchev–Trinajstić information content (AvgIpc) is 3.50. The summed E-state index contributed by atoms with van der Waals surface area (Å²) < 4.78 is 21.0. The highest BCUT2D eigenvalue weighted by atomic mass is 16.7. The van der Waals surface area contributed by atoms with Gasteiger partial charge >= 0.3 is 0 Å². The molecular formula is C23H17N3O7. The van der Waals surface area contributed by atoms with Crippen molar-refractivity contribution in [3.05, 3.63) is 77.4 Å². The number of hydrazine groups is 1. The fourth-order valence-corrected chi connectivity index (χ4v) is 3.27. The second-order valence-corrected chi connectivity index (χ2v) is 7.08. The molecule has 0 saturated heterocycles. The molecule has 0 fully saturated rings. The molecule has 5 rings (SSSR count). The van der Waals surface area contributed by atoms with Crippen LogP contribution in [-0.4, -0.2) is 31.3 Å². The van der Waals surface area contributed by atoms with Crippen molar-refractivity contribution >= 4 is 23.4 Å². The summed E-state index contributed by atoms with van der Waals surface area (Å²) in [6, 6.07) is 15.9. The molecule has 10 nitrogen and oxygen atoms in total. The van der Waals surface area contributed by atoms with Crippen LogP contribution in [0.3, 0.4) is 0 Å². The minimum Gasteiger partial charge on any atom is -0.454 e. The topological polar surface area (TPSA) is 124 Å². The molecule has 10 heteroatoms. The van der Waals surface area contributed by atoms with E-state index in [2.05, 4.69) is 16.2 Å². The van der Waals surface area contributed by atoms with Gasteiger partial charge in [-0.15, -0.1) is 0 Å². The van der Waals surface area contributed by atoms with Crippen LogP contribution in [0.25, 0.3) is 0 Å². The molecule has 0 bridgehead atoms. The molecule has 2 heterocycles. The molecule has 3 amide bonds. The van der Waals surface area contributed by atoms with Crippen LogP contribution < -0.4 is 35.1 Å². The van der Waals surface area contributed by atoms with Gasteiger partial charge in [-0.25, -0.2) is 0 Å². The summed E-state index contributed by atoms with van der Waals surface area (Å²) in [5.41, 5.74) is 6.03. The summed E-state index contributed by atoms with van der Waals surface area (Å²) in [5, 5.41) is 2.73. The molecule has 0 saturated carbocycles. The molecule has 2 aliphatic heterocycles. The number of nitrogens with one attached hydrogen (secondary N) is 3. The number of carbonyl (C=O) groups is 3. The van der Waals surface area contributed by atoms with Crippen LogP contribution in [-0.2, 0) is 0 Å². The van der Waals surface area contributed by atoms with Crippen molar-refractivity contribution in [2.75, 3.05) is 18.9 Å². The molecule has 0 unspecified atom stereocenters. The van der Waals surface area contributed by atoms with E-state index in [0.29, 0.717) is 39.8 Å². The first-order valence-electron chi connectivity index (χ1n) is 9.88. The molecule has 3 aromatic rings. The molecule has 0 radical (unpaired) electrons. The number of benzene rings is 3. The Labute approximate surface area is 187 Å². The standard InChI is InChI=1S/C23H17N3O7/c27-21(14-4-6-17-19(9-14)32-11-30-17)24-16-3-1-2-13(8-16)22(28)25-26-23(29)15-5-7-18-20(10-15)33-12-31-18/h1-10H,11-12H2,(H,24,27)(H,25,28)(H,26,29). The van der Waals surface area contributed by atoms with E-state index in [9.17, 15) is 14.4 Å². The van der Waals surface area contributed by atoms with E-state index in [1.807, 2.05) is 0 Å². The van der Waals surface area contributed by atoms with E-state index in [1.165, 1.54) is 12.1 Å². The van der Waals surface area contributed by atoms with Crippen LogP contribution in [0, 0.1) is 0 Å². The van der Waals surface area contributed by atoms with Crippen molar-refractivity contribution in [2.45, 2.75) is 0 Å².